The van der Waals surface area contributed by atoms with Crippen molar-refractivity contribution in [3.05, 3.63) is 47.5 Å². The number of aryl methyl sites for hydroxylation is 1. The first-order valence-corrected chi connectivity index (χ1v) is 6.50. The van der Waals surface area contributed by atoms with Crippen molar-refractivity contribution in [1.29, 1.82) is 0 Å². The maximum Gasteiger partial charge on any atom is 0.253 e. The molecule has 0 N–H and O–H groups in total. The molecule has 0 spiro atoms. The number of benzene rings is 2. The molecule has 0 radical (unpaired) electrons. The van der Waals surface area contributed by atoms with E-state index in [4.69, 9.17) is 11.6 Å². The molecule has 0 aromatic heterocycles. The number of hydrogen-bond acceptors (Lipinski definition) is 1. The van der Waals surface area contributed by atoms with Crippen molar-refractivity contribution in [2.45, 2.75) is 6.42 Å². The van der Waals surface area contributed by atoms with E-state index in [1.54, 1.807) is 6.07 Å². The summed E-state index contributed by atoms with van der Waals surface area (Å²) in [5.41, 5.74) is 1.81. The average Bonchev–Trinajstić information content (AvgIpc) is 2.29. The zero-order valence-electron chi connectivity index (χ0n) is 8.54. The number of halogens is 2. The minimum Gasteiger partial charge on any atom is -0.276 e. The molecule has 0 bridgehead atoms. The summed E-state index contributed by atoms with van der Waals surface area (Å²) in [4.78, 5) is 11.3. The van der Waals surface area contributed by atoms with E-state index in [1.165, 1.54) is 5.56 Å². The van der Waals surface area contributed by atoms with Crippen LogP contribution in [0, 0.1) is 0 Å². The fourth-order valence-electron chi connectivity index (χ4n) is 1.85. The van der Waals surface area contributed by atoms with Crippen molar-refractivity contribution in [1.82, 2.24) is 0 Å². The van der Waals surface area contributed by atoms with Gasteiger partial charge in [0, 0.05) is 10.9 Å². The van der Waals surface area contributed by atoms with Crippen LogP contribution < -0.4 is 0 Å². The number of hydrogen-bond donors (Lipinski definition) is 0. The molecule has 0 aliphatic carbocycles. The normalized spacial score (nSPS) is 10.6. The molecule has 0 aliphatic rings. The second-order valence-electron chi connectivity index (χ2n) is 3.53. The Bertz CT molecular complexity index is 536. The molecule has 2 aromatic carbocycles. The molecule has 82 valence electrons. The Labute approximate surface area is 108 Å². The van der Waals surface area contributed by atoms with Crippen LogP contribution in [0.3, 0.4) is 0 Å². The molecular formula is C13H10BrClO. The highest BCUT2D eigenvalue weighted by Gasteiger charge is 2.09. The van der Waals surface area contributed by atoms with Crippen LogP contribution in [0.1, 0.15) is 15.9 Å². The Morgan fingerprint density at radius 1 is 1.12 bits per heavy atom. The van der Waals surface area contributed by atoms with Gasteiger partial charge in [-0.2, -0.15) is 0 Å². The van der Waals surface area contributed by atoms with Gasteiger partial charge in [0.25, 0.3) is 5.24 Å². The average molecular weight is 298 g/mol. The number of fused-ring (bicyclic) bond motifs is 1. The van der Waals surface area contributed by atoms with Crippen LogP contribution in [0.5, 0.6) is 0 Å². The Morgan fingerprint density at radius 3 is 2.44 bits per heavy atom. The summed E-state index contributed by atoms with van der Waals surface area (Å²) >= 11 is 8.99. The Hall–Kier alpha value is -0.860. The van der Waals surface area contributed by atoms with Gasteiger partial charge in [-0.1, -0.05) is 46.3 Å². The minimum absolute atomic E-state index is 0.401. The first-order chi connectivity index (χ1) is 7.74. The first kappa shape index (κ1) is 11.6. The van der Waals surface area contributed by atoms with Gasteiger partial charge in [-0.15, -0.1) is 0 Å². The lowest BCUT2D eigenvalue weighted by atomic mass is 9.99. The van der Waals surface area contributed by atoms with Crippen LogP contribution in [0.15, 0.2) is 36.4 Å². The summed E-state index contributed by atoms with van der Waals surface area (Å²) in [6.45, 7) is 0. The highest BCUT2D eigenvalue weighted by atomic mass is 79.9. The number of rotatable bonds is 3. The fourth-order valence-corrected chi connectivity index (χ4v) is 2.44. The Morgan fingerprint density at radius 2 is 1.81 bits per heavy atom. The predicted molar refractivity (Wildman–Crippen MR) is 71.6 cm³/mol. The Kier molecular flexibility index (Phi) is 3.62. The summed E-state index contributed by atoms with van der Waals surface area (Å²) in [5.74, 6) is 0. The van der Waals surface area contributed by atoms with Crippen LogP contribution in [0.2, 0.25) is 0 Å². The molecule has 1 nitrogen and oxygen atoms in total. The second-order valence-corrected chi connectivity index (χ2v) is 4.67. The molecule has 0 heterocycles. The summed E-state index contributed by atoms with van der Waals surface area (Å²) in [7, 11) is 0. The maximum atomic E-state index is 11.3. The van der Waals surface area contributed by atoms with Gasteiger partial charge >= 0.3 is 0 Å². The molecule has 0 fully saturated rings. The van der Waals surface area contributed by atoms with Gasteiger partial charge in [-0.25, -0.2) is 0 Å². The fraction of sp³-hybridized carbons (Fsp3) is 0.154. The lowest BCUT2D eigenvalue weighted by Crippen LogP contribution is -1.95. The van der Waals surface area contributed by atoms with E-state index in [2.05, 4.69) is 15.9 Å². The van der Waals surface area contributed by atoms with Crippen LogP contribution in [0.25, 0.3) is 10.8 Å². The smallest absolute Gasteiger partial charge is 0.253 e. The monoisotopic (exact) mass is 296 g/mol. The maximum absolute atomic E-state index is 11.3. The van der Waals surface area contributed by atoms with Gasteiger partial charge < -0.3 is 0 Å². The van der Waals surface area contributed by atoms with Gasteiger partial charge in [-0.05, 0) is 40.4 Å². The third kappa shape index (κ3) is 2.13. The molecule has 3 heteroatoms. The molecule has 0 saturated heterocycles. The molecule has 0 atom stereocenters. The summed E-state index contributed by atoms with van der Waals surface area (Å²) in [5, 5.41) is 2.54. The van der Waals surface area contributed by atoms with Gasteiger partial charge in [0.05, 0.1) is 0 Å². The van der Waals surface area contributed by atoms with Gasteiger partial charge in [0.15, 0.2) is 0 Å². The predicted octanol–water partition coefficient (Wildman–Crippen LogP) is 4.16. The molecule has 2 rings (SSSR count). The van der Waals surface area contributed by atoms with Crippen LogP contribution >= 0.6 is 27.5 Å². The van der Waals surface area contributed by atoms with Crippen molar-refractivity contribution in [3.8, 4) is 0 Å². The number of carbonyl (C=O) groups excluding carboxylic acids is 1. The molecule has 2 aromatic rings. The van der Waals surface area contributed by atoms with E-state index >= 15 is 0 Å². The third-order valence-corrected chi connectivity index (χ3v) is 3.19. The van der Waals surface area contributed by atoms with Crippen molar-refractivity contribution < 1.29 is 4.79 Å². The standard InChI is InChI=1S/C13H10BrClO/c14-8-7-9-5-6-12(13(15)16)11-4-2-1-3-10(9)11/h1-6H,7-8H2. The second kappa shape index (κ2) is 4.98. The largest absolute Gasteiger partial charge is 0.276 e. The highest BCUT2D eigenvalue weighted by Crippen LogP contribution is 2.24. The highest BCUT2D eigenvalue weighted by molar-refractivity contribution is 9.09. The quantitative estimate of drug-likeness (QED) is 0.614. The molecule has 16 heavy (non-hydrogen) atoms. The van der Waals surface area contributed by atoms with Crippen molar-refractivity contribution >= 4 is 43.5 Å². The molecule has 0 aliphatic heterocycles. The topological polar surface area (TPSA) is 17.1 Å². The van der Waals surface area contributed by atoms with E-state index < -0.39 is 5.24 Å². The molecular weight excluding hydrogens is 287 g/mol. The van der Waals surface area contributed by atoms with E-state index in [-0.39, 0.29) is 0 Å². The zero-order chi connectivity index (χ0) is 11.5. The van der Waals surface area contributed by atoms with Crippen molar-refractivity contribution in [2.75, 3.05) is 5.33 Å². The molecule has 0 unspecified atom stereocenters. The van der Waals surface area contributed by atoms with Crippen LogP contribution in [-0.4, -0.2) is 10.6 Å². The number of carbonyl (C=O) groups is 1. The van der Waals surface area contributed by atoms with E-state index in [1.807, 2.05) is 30.3 Å². The lowest BCUT2D eigenvalue weighted by Gasteiger charge is -2.07. The zero-order valence-corrected chi connectivity index (χ0v) is 10.9. The van der Waals surface area contributed by atoms with Crippen LogP contribution in [-0.2, 0) is 6.42 Å². The third-order valence-electron chi connectivity index (χ3n) is 2.59. The SMILES string of the molecule is O=C(Cl)c1ccc(CCBr)c2ccccc12. The van der Waals surface area contributed by atoms with E-state index in [0.717, 1.165) is 22.5 Å². The van der Waals surface area contributed by atoms with Gasteiger partial charge in [0.2, 0.25) is 0 Å². The molecule has 0 saturated carbocycles. The number of alkyl halides is 1. The minimum atomic E-state index is -0.401. The summed E-state index contributed by atoms with van der Waals surface area (Å²) in [6.07, 6.45) is 0.942. The van der Waals surface area contributed by atoms with Crippen LogP contribution in [0.4, 0.5) is 0 Å². The van der Waals surface area contributed by atoms with E-state index in [0.29, 0.717) is 5.56 Å². The first-order valence-electron chi connectivity index (χ1n) is 5.00. The van der Waals surface area contributed by atoms with Gasteiger partial charge in [-0.3, -0.25) is 4.79 Å². The van der Waals surface area contributed by atoms with Gasteiger partial charge in [0.1, 0.15) is 0 Å². The lowest BCUT2D eigenvalue weighted by molar-refractivity contribution is 0.108. The molecule has 0 amide bonds. The Balaban J connectivity index is 2.71. The summed E-state index contributed by atoms with van der Waals surface area (Å²) in [6, 6.07) is 11.6. The van der Waals surface area contributed by atoms with Crippen molar-refractivity contribution in [2.24, 2.45) is 0 Å². The van der Waals surface area contributed by atoms with E-state index in [9.17, 15) is 4.79 Å². The summed E-state index contributed by atoms with van der Waals surface area (Å²) < 4.78 is 0. The van der Waals surface area contributed by atoms with Crippen molar-refractivity contribution in [3.63, 3.8) is 0 Å².